The van der Waals surface area contributed by atoms with Crippen LogP contribution < -0.4 is 10.6 Å². The molecule has 1 aromatic rings. The average Bonchev–Trinajstić information content (AvgIpc) is 2.57. The second kappa shape index (κ2) is 10.1. The number of alkyl carbamates (subject to hydrolysis) is 1. The fraction of sp³-hybridized carbons (Fsp3) is 0.652. The quantitative estimate of drug-likeness (QED) is 0.506. The van der Waals surface area contributed by atoms with Gasteiger partial charge in [-0.3, -0.25) is 10.1 Å². The normalized spacial score (nSPS) is 15.3. The zero-order valence-electron chi connectivity index (χ0n) is 19.0. The summed E-state index contributed by atoms with van der Waals surface area (Å²) in [4.78, 5) is 24.3. The summed E-state index contributed by atoms with van der Waals surface area (Å²) in [7, 11) is 0. The Hall–Kier alpha value is -2.08. The van der Waals surface area contributed by atoms with Crippen molar-refractivity contribution in [3.63, 3.8) is 0 Å². The number of carboxylic acids is 1. The van der Waals surface area contributed by atoms with Crippen molar-refractivity contribution in [3.8, 4) is 0 Å². The van der Waals surface area contributed by atoms with Crippen LogP contribution in [0.4, 0.5) is 4.79 Å². The molecule has 6 nitrogen and oxygen atoms in total. The van der Waals surface area contributed by atoms with E-state index < -0.39 is 23.8 Å². The van der Waals surface area contributed by atoms with Crippen molar-refractivity contribution in [1.29, 1.82) is 0 Å². The highest BCUT2D eigenvalue weighted by atomic mass is 16.5. The van der Waals surface area contributed by atoms with Crippen molar-refractivity contribution in [1.82, 2.24) is 10.6 Å². The van der Waals surface area contributed by atoms with Crippen molar-refractivity contribution in [2.24, 2.45) is 10.8 Å². The van der Waals surface area contributed by atoms with E-state index in [1.54, 1.807) is 0 Å². The van der Waals surface area contributed by atoms with E-state index in [4.69, 9.17) is 4.74 Å². The average molecular weight is 407 g/mol. The van der Waals surface area contributed by atoms with Gasteiger partial charge in [-0.05, 0) is 42.6 Å². The van der Waals surface area contributed by atoms with Crippen LogP contribution in [0, 0.1) is 10.8 Å². The van der Waals surface area contributed by atoms with E-state index in [9.17, 15) is 14.7 Å². The maximum Gasteiger partial charge on any atom is 0.408 e. The molecule has 0 aliphatic rings. The molecule has 164 valence electrons. The second-order valence-electron chi connectivity index (χ2n) is 10.4. The van der Waals surface area contributed by atoms with Crippen LogP contribution in [0.5, 0.6) is 0 Å². The number of amides is 1. The number of carboxylic acid groups (broad SMARTS) is 1. The van der Waals surface area contributed by atoms with Crippen LogP contribution in [-0.2, 0) is 16.1 Å². The maximum atomic E-state index is 12.5. The van der Waals surface area contributed by atoms with E-state index in [0.717, 1.165) is 12.0 Å². The molecule has 6 heteroatoms. The summed E-state index contributed by atoms with van der Waals surface area (Å²) < 4.78 is 5.36. The van der Waals surface area contributed by atoms with Gasteiger partial charge in [-0.1, -0.05) is 71.9 Å². The van der Waals surface area contributed by atoms with Crippen molar-refractivity contribution >= 4 is 12.1 Å². The molecule has 0 aliphatic heterocycles. The molecule has 29 heavy (non-hydrogen) atoms. The Morgan fingerprint density at radius 1 is 0.966 bits per heavy atom. The van der Waals surface area contributed by atoms with Gasteiger partial charge in [0.1, 0.15) is 12.6 Å². The zero-order valence-corrected chi connectivity index (χ0v) is 19.0. The molecule has 1 aromatic carbocycles. The van der Waals surface area contributed by atoms with Crippen molar-refractivity contribution in [2.45, 2.75) is 86.0 Å². The summed E-state index contributed by atoms with van der Waals surface area (Å²) in [6.07, 6.45) is 1.24. The van der Waals surface area contributed by atoms with Crippen LogP contribution in [0.2, 0.25) is 0 Å². The number of nitrogens with one attached hydrogen (secondary N) is 2. The molecule has 0 heterocycles. The van der Waals surface area contributed by atoms with Gasteiger partial charge in [0.05, 0.1) is 5.66 Å². The lowest BCUT2D eigenvalue weighted by atomic mass is 9.85. The summed E-state index contributed by atoms with van der Waals surface area (Å²) in [5.41, 5.74) is -0.144. The van der Waals surface area contributed by atoms with E-state index in [1.165, 1.54) is 0 Å². The van der Waals surface area contributed by atoms with Crippen LogP contribution in [0.3, 0.4) is 0 Å². The molecule has 0 spiro atoms. The molecule has 1 rings (SSSR count). The minimum Gasteiger partial charge on any atom is -0.480 e. The molecular formula is C23H38N2O4. The number of benzene rings is 1. The fourth-order valence-electron chi connectivity index (χ4n) is 2.98. The van der Waals surface area contributed by atoms with Gasteiger partial charge >= 0.3 is 12.1 Å². The van der Waals surface area contributed by atoms with Gasteiger partial charge in [0.2, 0.25) is 0 Å². The van der Waals surface area contributed by atoms with Gasteiger partial charge in [0, 0.05) is 0 Å². The molecule has 0 aliphatic carbocycles. The Kier molecular flexibility index (Phi) is 8.69. The van der Waals surface area contributed by atoms with E-state index in [-0.39, 0.29) is 17.4 Å². The first-order chi connectivity index (χ1) is 13.2. The second-order valence-corrected chi connectivity index (χ2v) is 10.4. The highest BCUT2D eigenvalue weighted by Crippen LogP contribution is 2.27. The number of aliphatic carboxylic acids is 1. The Morgan fingerprint density at radius 2 is 1.55 bits per heavy atom. The first-order valence-corrected chi connectivity index (χ1v) is 10.2. The standard InChI is InChI=1S/C23H38N2O4/c1-21(2,3)13-14-23(7,24-18(19(26)27)15-22(4,5)6)25-20(28)29-16-17-11-9-8-10-12-17/h8-12,18,24H,13-16H2,1-7H3,(H,25,28)(H,26,27)/t18?,23-/m0/s1. The Labute approximate surface area is 175 Å². The topological polar surface area (TPSA) is 87.7 Å². The minimum atomic E-state index is -0.929. The van der Waals surface area contributed by atoms with Crippen molar-refractivity contribution < 1.29 is 19.4 Å². The highest BCUT2D eigenvalue weighted by Gasteiger charge is 2.35. The van der Waals surface area contributed by atoms with E-state index in [1.807, 2.05) is 58.0 Å². The lowest BCUT2D eigenvalue weighted by Gasteiger charge is -2.37. The zero-order chi connectivity index (χ0) is 22.3. The summed E-state index contributed by atoms with van der Waals surface area (Å²) in [5, 5.41) is 15.8. The van der Waals surface area contributed by atoms with Gasteiger partial charge in [-0.15, -0.1) is 0 Å². The van der Waals surface area contributed by atoms with E-state index in [2.05, 4.69) is 31.4 Å². The lowest BCUT2D eigenvalue weighted by molar-refractivity contribution is -0.141. The van der Waals surface area contributed by atoms with Crippen LogP contribution in [0.25, 0.3) is 0 Å². The lowest BCUT2D eigenvalue weighted by Crippen LogP contribution is -2.62. The smallest absolute Gasteiger partial charge is 0.408 e. The molecule has 1 unspecified atom stereocenters. The molecule has 0 saturated heterocycles. The van der Waals surface area contributed by atoms with Crippen molar-refractivity contribution in [3.05, 3.63) is 35.9 Å². The predicted molar refractivity (Wildman–Crippen MR) is 115 cm³/mol. The molecule has 1 amide bonds. The van der Waals surface area contributed by atoms with Crippen LogP contribution >= 0.6 is 0 Å². The largest absolute Gasteiger partial charge is 0.480 e. The summed E-state index contributed by atoms with van der Waals surface area (Å²) >= 11 is 0. The molecule has 0 saturated carbocycles. The predicted octanol–water partition coefficient (Wildman–Crippen LogP) is 4.93. The summed E-state index contributed by atoms with van der Waals surface area (Å²) in [6.45, 7) is 14.3. The van der Waals surface area contributed by atoms with Gasteiger partial charge in [0.15, 0.2) is 0 Å². The minimum absolute atomic E-state index is 0.0430. The third-order valence-electron chi connectivity index (χ3n) is 4.57. The SMILES string of the molecule is CC(C)(C)CC[C@](C)(NC(=O)OCc1ccccc1)NC(CC(C)(C)C)C(=O)O. The third kappa shape index (κ3) is 10.9. The number of ether oxygens (including phenoxy) is 1. The van der Waals surface area contributed by atoms with Crippen LogP contribution in [0.15, 0.2) is 30.3 Å². The number of hydrogen-bond acceptors (Lipinski definition) is 4. The number of carbonyl (C=O) groups excluding carboxylic acids is 1. The molecule has 2 atom stereocenters. The number of hydrogen-bond donors (Lipinski definition) is 3. The van der Waals surface area contributed by atoms with Gasteiger partial charge in [0.25, 0.3) is 0 Å². The highest BCUT2D eigenvalue weighted by molar-refractivity contribution is 5.74. The summed E-state index contributed by atoms with van der Waals surface area (Å²) in [5.74, 6) is -0.929. The van der Waals surface area contributed by atoms with E-state index >= 15 is 0 Å². The van der Waals surface area contributed by atoms with Gasteiger partial charge in [-0.25, -0.2) is 4.79 Å². The van der Waals surface area contributed by atoms with Gasteiger partial charge < -0.3 is 15.2 Å². The van der Waals surface area contributed by atoms with Gasteiger partial charge in [-0.2, -0.15) is 0 Å². The maximum absolute atomic E-state index is 12.5. The molecule has 0 aromatic heterocycles. The Balaban J connectivity index is 2.88. The molecule has 0 fully saturated rings. The first-order valence-electron chi connectivity index (χ1n) is 10.2. The molecule has 3 N–H and O–H groups in total. The molecule has 0 radical (unpaired) electrons. The Bertz CT molecular complexity index is 662. The van der Waals surface area contributed by atoms with Crippen molar-refractivity contribution in [2.75, 3.05) is 0 Å². The number of rotatable bonds is 9. The summed E-state index contributed by atoms with van der Waals surface area (Å²) in [6, 6.07) is 8.65. The molecule has 0 bridgehead atoms. The van der Waals surface area contributed by atoms with Crippen LogP contribution in [-0.4, -0.2) is 28.9 Å². The first kappa shape index (κ1) is 25.0. The Morgan fingerprint density at radius 3 is 2.03 bits per heavy atom. The van der Waals surface area contributed by atoms with Crippen LogP contribution in [0.1, 0.15) is 73.3 Å². The third-order valence-corrected chi connectivity index (χ3v) is 4.57. The fourth-order valence-corrected chi connectivity index (χ4v) is 2.98. The number of carbonyl (C=O) groups is 2. The monoisotopic (exact) mass is 406 g/mol. The van der Waals surface area contributed by atoms with E-state index in [0.29, 0.717) is 12.8 Å². The molecular weight excluding hydrogens is 368 g/mol.